The highest BCUT2D eigenvalue weighted by Crippen LogP contribution is 2.35. The number of aromatic nitrogens is 3. The van der Waals surface area contributed by atoms with E-state index in [-0.39, 0.29) is 34.2 Å². The number of nitrogen functional groups attached to an aromatic ring is 1. The molecule has 8 nitrogen and oxygen atoms in total. The highest BCUT2D eigenvalue weighted by molar-refractivity contribution is 7.92. The predicted octanol–water partition coefficient (Wildman–Crippen LogP) is 2.59. The molecule has 0 aromatic carbocycles. The minimum absolute atomic E-state index is 0.00226. The molecule has 3 rings (SSSR count). The number of aliphatic hydroxyl groups is 1. The van der Waals surface area contributed by atoms with Crippen LogP contribution in [-0.4, -0.2) is 45.4 Å². The van der Waals surface area contributed by atoms with Crippen molar-refractivity contribution in [2.24, 2.45) is 0 Å². The van der Waals surface area contributed by atoms with Crippen LogP contribution in [0.15, 0.2) is 29.4 Å². The monoisotopic (exact) mass is 440 g/mol. The minimum Gasteiger partial charge on any atom is -0.489 e. The first-order valence-corrected chi connectivity index (χ1v) is 10.5. The molecule has 0 saturated heterocycles. The molecule has 3 aromatic rings. The molecule has 0 aliphatic heterocycles. The quantitative estimate of drug-likeness (QED) is 0.585. The van der Waals surface area contributed by atoms with Gasteiger partial charge in [0.25, 0.3) is 0 Å². The number of nitrogens with two attached hydrogens (primary N) is 1. The molecule has 162 valence electrons. The van der Waals surface area contributed by atoms with Gasteiger partial charge in [0, 0.05) is 12.3 Å². The van der Waals surface area contributed by atoms with Crippen molar-refractivity contribution in [1.29, 1.82) is 0 Å². The van der Waals surface area contributed by atoms with Gasteiger partial charge in [0.1, 0.15) is 22.9 Å². The van der Waals surface area contributed by atoms with Gasteiger partial charge >= 0.3 is 0 Å². The second-order valence-corrected chi connectivity index (χ2v) is 10.5. The number of aliphatic hydroxyl groups excluding tert-OH is 1. The Morgan fingerprint density at radius 2 is 1.97 bits per heavy atom. The van der Waals surface area contributed by atoms with E-state index < -0.39 is 38.3 Å². The van der Waals surface area contributed by atoms with Crippen molar-refractivity contribution in [2.75, 3.05) is 12.3 Å². The fourth-order valence-electron chi connectivity index (χ4n) is 2.70. The van der Waals surface area contributed by atoms with E-state index in [0.29, 0.717) is 0 Å². The molecule has 3 heterocycles. The third-order valence-corrected chi connectivity index (χ3v) is 6.88. The third-order valence-electron chi connectivity index (χ3n) is 4.38. The summed E-state index contributed by atoms with van der Waals surface area (Å²) in [7, 11) is -3.91. The van der Waals surface area contributed by atoms with Gasteiger partial charge in [-0.15, -0.1) is 0 Å². The maximum Gasteiger partial charge on any atom is 0.224 e. The lowest BCUT2D eigenvalue weighted by Gasteiger charge is -2.22. The standard InChI is InChI=1S/C19H22F2N4O4S/c1-10(26)9-29-14-6-16-23-7-13(11-5-12(20)18(22)24-17(11)21)25(16)8-15(14)30(27,28)19(2,3)4/h5-8,10,26H,9H2,1-4H3,(H2,22,24)/t10-/m0/s1. The average molecular weight is 440 g/mol. The number of nitrogens with zero attached hydrogens (tertiary/aromatic N) is 3. The van der Waals surface area contributed by atoms with Crippen molar-refractivity contribution in [1.82, 2.24) is 14.4 Å². The van der Waals surface area contributed by atoms with Gasteiger partial charge in [-0.05, 0) is 33.8 Å². The van der Waals surface area contributed by atoms with Crippen molar-refractivity contribution >= 4 is 21.3 Å². The number of rotatable bonds is 5. The van der Waals surface area contributed by atoms with Crippen LogP contribution in [0.4, 0.5) is 14.6 Å². The van der Waals surface area contributed by atoms with Crippen LogP contribution in [-0.2, 0) is 9.84 Å². The third kappa shape index (κ3) is 3.82. The smallest absolute Gasteiger partial charge is 0.224 e. The van der Waals surface area contributed by atoms with Crippen LogP contribution in [0, 0.1) is 11.8 Å². The summed E-state index contributed by atoms with van der Waals surface area (Å²) in [5.41, 5.74) is 5.38. The van der Waals surface area contributed by atoms with Gasteiger partial charge in [-0.2, -0.15) is 9.37 Å². The maximum absolute atomic E-state index is 14.4. The van der Waals surface area contributed by atoms with Crippen molar-refractivity contribution in [3.63, 3.8) is 0 Å². The second-order valence-electron chi connectivity index (χ2n) is 7.84. The van der Waals surface area contributed by atoms with Crippen LogP contribution in [0.25, 0.3) is 16.9 Å². The summed E-state index contributed by atoms with van der Waals surface area (Å²) in [6.07, 6.45) is 1.67. The van der Waals surface area contributed by atoms with Crippen molar-refractivity contribution < 1.29 is 27.0 Å². The molecule has 0 amide bonds. The summed E-state index contributed by atoms with van der Waals surface area (Å²) >= 11 is 0. The number of hydrogen-bond donors (Lipinski definition) is 2. The Morgan fingerprint density at radius 1 is 1.30 bits per heavy atom. The molecule has 0 fully saturated rings. The maximum atomic E-state index is 14.4. The van der Waals surface area contributed by atoms with Crippen LogP contribution in [0.1, 0.15) is 27.7 Å². The Hall–Kier alpha value is -2.79. The van der Waals surface area contributed by atoms with Gasteiger partial charge in [0.05, 0.1) is 28.3 Å². The van der Waals surface area contributed by atoms with E-state index in [1.54, 1.807) is 0 Å². The molecule has 3 aromatic heterocycles. The van der Waals surface area contributed by atoms with Gasteiger partial charge in [0.2, 0.25) is 5.95 Å². The molecule has 30 heavy (non-hydrogen) atoms. The van der Waals surface area contributed by atoms with E-state index in [0.717, 1.165) is 6.07 Å². The van der Waals surface area contributed by atoms with Crippen LogP contribution in [0.3, 0.4) is 0 Å². The Balaban J connectivity index is 2.29. The number of pyridine rings is 2. The van der Waals surface area contributed by atoms with Crippen LogP contribution in [0.2, 0.25) is 0 Å². The fourth-order valence-corrected chi connectivity index (χ4v) is 3.99. The molecule has 0 saturated carbocycles. The van der Waals surface area contributed by atoms with Crippen LogP contribution >= 0.6 is 0 Å². The largest absolute Gasteiger partial charge is 0.489 e. The number of halogens is 2. The fraction of sp³-hybridized carbons (Fsp3) is 0.368. The van der Waals surface area contributed by atoms with Crippen molar-refractivity contribution in [2.45, 2.75) is 43.4 Å². The van der Waals surface area contributed by atoms with E-state index in [1.807, 2.05) is 0 Å². The van der Waals surface area contributed by atoms with E-state index >= 15 is 0 Å². The molecular weight excluding hydrogens is 418 g/mol. The van der Waals surface area contributed by atoms with Gasteiger partial charge in [0.15, 0.2) is 21.5 Å². The van der Waals surface area contributed by atoms with E-state index in [4.69, 9.17) is 10.5 Å². The SMILES string of the molecule is C[C@H](O)COc1cc2ncc(-c3cc(F)c(N)nc3F)n2cc1S(=O)(=O)C(C)(C)C. The molecule has 1 atom stereocenters. The molecule has 0 aliphatic carbocycles. The lowest BCUT2D eigenvalue weighted by molar-refractivity contribution is 0.121. The minimum atomic E-state index is -3.91. The highest BCUT2D eigenvalue weighted by Gasteiger charge is 2.34. The van der Waals surface area contributed by atoms with E-state index in [9.17, 15) is 22.3 Å². The lowest BCUT2D eigenvalue weighted by Crippen LogP contribution is -2.29. The zero-order valence-corrected chi connectivity index (χ0v) is 17.7. The normalized spacial score (nSPS) is 13.6. The first kappa shape index (κ1) is 21.9. The van der Waals surface area contributed by atoms with E-state index in [1.165, 1.54) is 50.6 Å². The zero-order valence-electron chi connectivity index (χ0n) is 16.8. The molecule has 3 N–H and O–H groups in total. The number of ether oxygens (including phenoxy) is 1. The zero-order chi connectivity index (χ0) is 22.4. The number of sulfone groups is 1. The number of fused-ring (bicyclic) bond motifs is 1. The second kappa shape index (κ2) is 7.47. The highest BCUT2D eigenvalue weighted by atomic mass is 32.2. The summed E-state index contributed by atoms with van der Waals surface area (Å²) in [6.45, 7) is 5.93. The average Bonchev–Trinajstić information content (AvgIpc) is 3.03. The van der Waals surface area contributed by atoms with Gasteiger partial charge < -0.3 is 15.6 Å². The summed E-state index contributed by atoms with van der Waals surface area (Å²) in [6, 6.07) is 2.24. The Bertz CT molecular complexity index is 1220. The first-order chi connectivity index (χ1) is 13.8. The van der Waals surface area contributed by atoms with E-state index in [2.05, 4.69) is 9.97 Å². The first-order valence-electron chi connectivity index (χ1n) is 9.01. The Morgan fingerprint density at radius 3 is 2.57 bits per heavy atom. The molecule has 0 aliphatic rings. The van der Waals surface area contributed by atoms with Gasteiger partial charge in [-0.3, -0.25) is 4.40 Å². The molecule has 0 radical (unpaired) electrons. The summed E-state index contributed by atoms with van der Waals surface area (Å²) in [4.78, 5) is 7.30. The molecule has 11 heteroatoms. The van der Waals surface area contributed by atoms with Crippen LogP contribution in [0.5, 0.6) is 5.75 Å². The summed E-state index contributed by atoms with van der Waals surface area (Å²) in [5, 5.41) is 9.52. The van der Waals surface area contributed by atoms with Gasteiger partial charge in [-0.1, -0.05) is 0 Å². The van der Waals surface area contributed by atoms with Gasteiger partial charge in [-0.25, -0.2) is 17.8 Å². The Labute approximate surface area is 172 Å². The number of hydrogen-bond acceptors (Lipinski definition) is 7. The number of anilines is 1. The molecule has 0 unspecified atom stereocenters. The Kier molecular flexibility index (Phi) is 5.46. The molecule has 0 bridgehead atoms. The summed E-state index contributed by atoms with van der Waals surface area (Å²) < 4.78 is 60.2. The number of imidazole rings is 1. The summed E-state index contributed by atoms with van der Waals surface area (Å²) in [5.74, 6) is -2.53. The topological polar surface area (TPSA) is 120 Å². The van der Waals surface area contributed by atoms with Crippen molar-refractivity contribution in [3.05, 3.63) is 36.3 Å². The van der Waals surface area contributed by atoms with Crippen LogP contribution < -0.4 is 10.5 Å². The molecule has 0 spiro atoms. The lowest BCUT2D eigenvalue weighted by atomic mass is 10.2. The predicted molar refractivity (Wildman–Crippen MR) is 107 cm³/mol. The van der Waals surface area contributed by atoms with Crippen molar-refractivity contribution in [3.8, 4) is 17.0 Å². The molecular formula is C19H22F2N4O4S.